The number of aromatic amines is 1. The summed E-state index contributed by atoms with van der Waals surface area (Å²) in [5.41, 5.74) is 0.360. The predicted octanol–water partition coefficient (Wildman–Crippen LogP) is -0.659. The maximum Gasteiger partial charge on any atom is 0.264 e. The SMILES string of the molecule is CNCC#Cc1ccc(=O)[nH]n1. The van der Waals surface area contributed by atoms with E-state index in [9.17, 15) is 4.79 Å². The number of rotatable bonds is 1. The summed E-state index contributed by atoms with van der Waals surface area (Å²) in [7, 11) is 1.81. The van der Waals surface area contributed by atoms with Gasteiger partial charge >= 0.3 is 0 Å². The molecule has 0 atom stereocenters. The maximum absolute atomic E-state index is 10.6. The Kier molecular flexibility index (Phi) is 3.05. The van der Waals surface area contributed by atoms with E-state index >= 15 is 0 Å². The summed E-state index contributed by atoms with van der Waals surface area (Å²) in [6.07, 6.45) is 0. The van der Waals surface area contributed by atoms with E-state index in [1.54, 1.807) is 6.07 Å². The van der Waals surface area contributed by atoms with Crippen molar-refractivity contribution in [2.24, 2.45) is 0 Å². The van der Waals surface area contributed by atoms with E-state index in [4.69, 9.17) is 0 Å². The van der Waals surface area contributed by atoms with Gasteiger partial charge in [-0.1, -0.05) is 5.92 Å². The molecule has 12 heavy (non-hydrogen) atoms. The van der Waals surface area contributed by atoms with Gasteiger partial charge in [-0.15, -0.1) is 0 Å². The summed E-state index contributed by atoms with van der Waals surface area (Å²) < 4.78 is 0. The number of hydrogen-bond acceptors (Lipinski definition) is 3. The van der Waals surface area contributed by atoms with E-state index in [1.165, 1.54) is 6.07 Å². The van der Waals surface area contributed by atoms with Gasteiger partial charge in [0.2, 0.25) is 0 Å². The summed E-state index contributed by atoms with van der Waals surface area (Å²) >= 11 is 0. The zero-order valence-corrected chi connectivity index (χ0v) is 6.72. The van der Waals surface area contributed by atoms with Gasteiger partial charge in [0.05, 0.1) is 6.54 Å². The summed E-state index contributed by atoms with van der Waals surface area (Å²) in [4.78, 5) is 10.6. The molecule has 4 heteroatoms. The molecule has 1 aromatic rings. The fourth-order valence-electron chi connectivity index (χ4n) is 0.637. The summed E-state index contributed by atoms with van der Waals surface area (Å²) in [5, 5.41) is 8.89. The fraction of sp³-hybridized carbons (Fsp3) is 0.250. The first-order valence-electron chi connectivity index (χ1n) is 3.52. The highest BCUT2D eigenvalue weighted by molar-refractivity contribution is 5.25. The van der Waals surface area contributed by atoms with Crippen LogP contribution in [0.2, 0.25) is 0 Å². The summed E-state index contributed by atoms with van der Waals surface area (Å²) in [6.45, 7) is 0.612. The van der Waals surface area contributed by atoms with Crippen molar-refractivity contribution in [1.82, 2.24) is 15.5 Å². The molecular formula is C8H9N3O. The lowest BCUT2D eigenvalue weighted by atomic mass is 10.4. The number of aromatic nitrogens is 2. The molecule has 1 heterocycles. The van der Waals surface area contributed by atoms with Crippen LogP contribution in [0.15, 0.2) is 16.9 Å². The first-order chi connectivity index (χ1) is 5.83. The van der Waals surface area contributed by atoms with Crippen LogP contribution in [0.5, 0.6) is 0 Å². The molecule has 0 unspecified atom stereocenters. The lowest BCUT2D eigenvalue weighted by Crippen LogP contribution is -2.07. The maximum atomic E-state index is 10.6. The lowest BCUT2D eigenvalue weighted by molar-refractivity contribution is 0.936. The normalized spacial score (nSPS) is 8.75. The Labute approximate surface area is 70.0 Å². The Hall–Kier alpha value is -1.60. The van der Waals surface area contributed by atoms with Gasteiger partial charge in [-0.25, -0.2) is 5.10 Å². The fourth-order valence-corrected chi connectivity index (χ4v) is 0.637. The molecule has 0 spiro atoms. The monoisotopic (exact) mass is 163 g/mol. The number of hydrogen-bond donors (Lipinski definition) is 2. The lowest BCUT2D eigenvalue weighted by Gasteiger charge is -1.85. The Bertz CT molecular complexity index is 338. The Morgan fingerprint density at radius 1 is 1.67 bits per heavy atom. The van der Waals surface area contributed by atoms with E-state index in [0.717, 1.165) is 0 Å². The largest absolute Gasteiger partial charge is 0.309 e. The minimum absolute atomic E-state index is 0.214. The summed E-state index contributed by atoms with van der Waals surface area (Å²) in [5.74, 6) is 5.60. The van der Waals surface area contributed by atoms with Crippen LogP contribution in [-0.2, 0) is 0 Å². The zero-order chi connectivity index (χ0) is 8.81. The van der Waals surface area contributed by atoms with Crippen molar-refractivity contribution in [1.29, 1.82) is 0 Å². The van der Waals surface area contributed by atoms with Crippen LogP contribution in [0.25, 0.3) is 0 Å². The van der Waals surface area contributed by atoms with Gasteiger partial charge < -0.3 is 5.32 Å². The molecule has 0 fully saturated rings. The molecule has 62 valence electrons. The second-order valence-corrected chi connectivity index (χ2v) is 2.14. The third kappa shape index (κ3) is 2.56. The van der Waals surface area contributed by atoms with Crippen LogP contribution in [0.3, 0.4) is 0 Å². The van der Waals surface area contributed by atoms with Crippen LogP contribution in [0, 0.1) is 11.8 Å². The topological polar surface area (TPSA) is 57.8 Å². The number of H-pyrrole nitrogens is 1. The van der Waals surface area contributed by atoms with Crippen molar-refractivity contribution in [3.8, 4) is 11.8 Å². The second kappa shape index (κ2) is 4.31. The van der Waals surface area contributed by atoms with Gasteiger partial charge in [0.1, 0.15) is 5.69 Å². The standard InChI is InChI=1S/C8H9N3O/c1-9-6-2-3-7-4-5-8(12)11-10-7/h4-5,9H,6H2,1H3,(H,11,12). The van der Waals surface area contributed by atoms with Crippen LogP contribution in [-0.4, -0.2) is 23.8 Å². The minimum atomic E-state index is -0.214. The van der Waals surface area contributed by atoms with Crippen molar-refractivity contribution in [3.63, 3.8) is 0 Å². The molecule has 2 N–H and O–H groups in total. The van der Waals surface area contributed by atoms with E-state index in [2.05, 4.69) is 27.4 Å². The van der Waals surface area contributed by atoms with Gasteiger partial charge in [-0.2, -0.15) is 5.10 Å². The quantitative estimate of drug-likeness (QED) is 0.540. The van der Waals surface area contributed by atoms with Crippen molar-refractivity contribution < 1.29 is 0 Å². The van der Waals surface area contributed by atoms with Crippen LogP contribution >= 0.6 is 0 Å². The van der Waals surface area contributed by atoms with E-state index in [1.807, 2.05) is 7.05 Å². The van der Waals surface area contributed by atoms with Crippen LogP contribution in [0.4, 0.5) is 0 Å². The highest BCUT2D eigenvalue weighted by atomic mass is 16.1. The smallest absolute Gasteiger partial charge is 0.264 e. The molecule has 0 aliphatic rings. The predicted molar refractivity (Wildman–Crippen MR) is 45.7 cm³/mol. The first kappa shape index (κ1) is 8.50. The Morgan fingerprint density at radius 2 is 2.50 bits per heavy atom. The highest BCUT2D eigenvalue weighted by Gasteiger charge is 1.85. The van der Waals surface area contributed by atoms with Crippen molar-refractivity contribution in [2.45, 2.75) is 0 Å². The molecular weight excluding hydrogens is 154 g/mol. The molecule has 1 rings (SSSR count). The van der Waals surface area contributed by atoms with Crippen molar-refractivity contribution >= 4 is 0 Å². The molecule has 0 aliphatic heterocycles. The third-order valence-corrected chi connectivity index (χ3v) is 1.16. The third-order valence-electron chi connectivity index (χ3n) is 1.16. The van der Waals surface area contributed by atoms with Gasteiger partial charge in [-0.3, -0.25) is 4.79 Å². The first-order valence-corrected chi connectivity index (χ1v) is 3.52. The van der Waals surface area contributed by atoms with E-state index in [0.29, 0.717) is 12.2 Å². The molecule has 0 saturated heterocycles. The average Bonchev–Trinajstić information content (AvgIpc) is 2.09. The Morgan fingerprint density at radius 3 is 3.08 bits per heavy atom. The number of nitrogens with zero attached hydrogens (tertiary/aromatic N) is 1. The molecule has 0 aromatic carbocycles. The van der Waals surface area contributed by atoms with Gasteiger partial charge in [0.15, 0.2) is 0 Å². The average molecular weight is 163 g/mol. The molecule has 0 amide bonds. The zero-order valence-electron chi connectivity index (χ0n) is 6.72. The molecule has 0 aliphatic carbocycles. The Balaban J connectivity index is 2.72. The summed E-state index contributed by atoms with van der Waals surface area (Å²) in [6, 6.07) is 2.98. The van der Waals surface area contributed by atoms with Gasteiger partial charge in [0.25, 0.3) is 5.56 Å². The molecule has 4 nitrogen and oxygen atoms in total. The van der Waals surface area contributed by atoms with Gasteiger partial charge in [-0.05, 0) is 19.0 Å². The van der Waals surface area contributed by atoms with E-state index in [-0.39, 0.29) is 5.56 Å². The molecule has 0 saturated carbocycles. The minimum Gasteiger partial charge on any atom is -0.309 e. The molecule has 0 radical (unpaired) electrons. The molecule has 0 bridgehead atoms. The second-order valence-electron chi connectivity index (χ2n) is 2.14. The number of nitrogens with one attached hydrogen (secondary N) is 2. The van der Waals surface area contributed by atoms with Crippen molar-refractivity contribution in [2.75, 3.05) is 13.6 Å². The highest BCUT2D eigenvalue weighted by Crippen LogP contribution is 1.81. The van der Waals surface area contributed by atoms with Crippen molar-refractivity contribution in [3.05, 3.63) is 28.2 Å². The van der Waals surface area contributed by atoms with Crippen LogP contribution < -0.4 is 10.9 Å². The van der Waals surface area contributed by atoms with Gasteiger partial charge in [0, 0.05) is 6.07 Å². The van der Waals surface area contributed by atoms with Crippen LogP contribution in [0.1, 0.15) is 5.69 Å². The van der Waals surface area contributed by atoms with E-state index < -0.39 is 0 Å². The molecule has 1 aromatic heterocycles.